The lowest BCUT2D eigenvalue weighted by molar-refractivity contribution is -0.200. The molecule has 1 aliphatic heterocycles. The predicted octanol–water partition coefficient (Wildman–Crippen LogP) is -0.693. The molecule has 1 N–H and O–H groups in total. The first-order valence-corrected chi connectivity index (χ1v) is 4.33. The Bertz CT molecular complexity index is 248. The molecule has 0 saturated carbocycles. The Balaban J connectivity index is 2.58. The summed E-state index contributed by atoms with van der Waals surface area (Å²) >= 11 is 2.52. The molecule has 1 atom stereocenters. The summed E-state index contributed by atoms with van der Waals surface area (Å²) in [5.41, 5.74) is 0. The second kappa shape index (κ2) is 3.84. The van der Waals surface area contributed by atoms with Gasteiger partial charge in [0.25, 0.3) is 11.8 Å². The molecule has 13 heavy (non-hydrogen) atoms. The van der Waals surface area contributed by atoms with Crippen molar-refractivity contribution in [2.45, 2.75) is 17.9 Å². The van der Waals surface area contributed by atoms with Gasteiger partial charge in [0.1, 0.15) is 0 Å². The SMILES string of the molecule is O=C(ON1C(=O)CCC1=O)C(O)Br. The minimum Gasteiger partial charge on any atom is -0.371 e. The van der Waals surface area contributed by atoms with Gasteiger partial charge in [-0.15, -0.1) is 5.06 Å². The van der Waals surface area contributed by atoms with E-state index in [2.05, 4.69) is 20.8 Å². The third-order valence-electron chi connectivity index (χ3n) is 1.38. The van der Waals surface area contributed by atoms with Gasteiger partial charge in [0.2, 0.25) is 5.01 Å². The van der Waals surface area contributed by atoms with Crippen molar-refractivity contribution >= 4 is 33.7 Å². The van der Waals surface area contributed by atoms with Crippen molar-refractivity contribution in [2.24, 2.45) is 0 Å². The van der Waals surface area contributed by atoms with Gasteiger partial charge in [-0.3, -0.25) is 9.59 Å². The van der Waals surface area contributed by atoms with Gasteiger partial charge in [-0.25, -0.2) is 4.79 Å². The quantitative estimate of drug-likeness (QED) is 0.519. The molecule has 1 aliphatic rings. The highest BCUT2D eigenvalue weighted by Gasteiger charge is 2.33. The summed E-state index contributed by atoms with van der Waals surface area (Å²) < 4.78 is 0. The topological polar surface area (TPSA) is 83.9 Å². The number of hydrogen-bond acceptors (Lipinski definition) is 5. The van der Waals surface area contributed by atoms with Gasteiger partial charge < -0.3 is 9.94 Å². The number of nitrogens with zero attached hydrogens (tertiary/aromatic N) is 1. The number of halogens is 1. The molecule has 0 spiro atoms. The Morgan fingerprint density at radius 3 is 2.31 bits per heavy atom. The molecule has 1 fully saturated rings. The standard InChI is InChI=1S/C6H6BrNO5/c7-5(11)6(12)13-8-3(9)1-2-4(8)10/h5,11H,1-2H2. The highest BCUT2D eigenvalue weighted by atomic mass is 79.9. The third-order valence-corrected chi connectivity index (χ3v) is 1.76. The molecule has 0 aromatic carbocycles. The van der Waals surface area contributed by atoms with Crippen LogP contribution >= 0.6 is 15.9 Å². The minimum atomic E-state index is -1.53. The lowest BCUT2D eigenvalue weighted by Crippen LogP contribution is -2.34. The van der Waals surface area contributed by atoms with Gasteiger partial charge in [0, 0.05) is 12.8 Å². The monoisotopic (exact) mass is 251 g/mol. The van der Waals surface area contributed by atoms with E-state index >= 15 is 0 Å². The van der Waals surface area contributed by atoms with E-state index in [1.54, 1.807) is 0 Å². The van der Waals surface area contributed by atoms with Crippen LogP contribution in [0.3, 0.4) is 0 Å². The normalized spacial score (nSPS) is 19.1. The molecular formula is C6H6BrNO5. The number of aliphatic hydroxyl groups is 1. The molecule has 1 saturated heterocycles. The van der Waals surface area contributed by atoms with Crippen molar-refractivity contribution in [1.29, 1.82) is 0 Å². The van der Waals surface area contributed by atoms with Crippen LogP contribution in [-0.4, -0.2) is 33.0 Å². The molecule has 0 aliphatic carbocycles. The molecule has 1 heterocycles. The number of carbonyl (C=O) groups excluding carboxylic acids is 3. The maximum absolute atomic E-state index is 10.9. The van der Waals surface area contributed by atoms with Gasteiger partial charge >= 0.3 is 5.97 Å². The Morgan fingerprint density at radius 2 is 1.92 bits per heavy atom. The van der Waals surface area contributed by atoms with Crippen molar-refractivity contribution in [3.05, 3.63) is 0 Å². The summed E-state index contributed by atoms with van der Waals surface area (Å²) in [5, 5.41) is 7.48. The van der Waals surface area contributed by atoms with E-state index in [1.807, 2.05) is 0 Å². The lowest BCUT2D eigenvalue weighted by atomic mass is 10.4. The van der Waals surface area contributed by atoms with Crippen molar-refractivity contribution < 1.29 is 24.3 Å². The van der Waals surface area contributed by atoms with Gasteiger partial charge in [-0.05, 0) is 15.9 Å². The first kappa shape index (κ1) is 10.1. The Labute approximate surface area is 81.5 Å². The second-order valence-electron chi connectivity index (χ2n) is 2.33. The maximum atomic E-state index is 10.9. The predicted molar refractivity (Wildman–Crippen MR) is 42.1 cm³/mol. The molecule has 0 aromatic heterocycles. The smallest absolute Gasteiger partial charge is 0.371 e. The number of imide groups is 1. The van der Waals surface area contributed by atoms with Crippen molar-refractivity contribution in [3.8, 4) is 0 Å². The third kappa shape index (κ3) is 2.25. The number of carbonyl (C=O) groups is 3. The zero-order valence-corrected chi connectivity index (χ0v) is 7.98. The molecular weight excluding hydrogens is 246 g/mol. The highest BCUT2D eigenvalue weighted by Crippen LogP contribution is 2.13. The molecule has 0 bridgehead atoms. The van der Waals surface area contributed by atoms with Gasteiger partial charge in [0.05, 0.1) is 0 Å². The fraction of sp³-hybridized carbons (Fsp3) is 0.500. The number of hydroxylamine groups is 2. The fourth-order valence-corrected chi connectivity index (χ4v) is 0.875. The van der Waals surface area contributed by atoms with Crippen LogP contribution in [0.1, 0.15) is 12.8 Å². The summed E-state index contributed by atoms with van der Waals surface area (Å²) in [7, 11) is 0. The van der Waals surface area contributed by atoms with Crippen molar-refractivity contribution in [2.75, 3.05) is 0 Å². The Morgan fingerprint density at radius 1 is 1.46 bits per heavy atom. The molecule has 1 rings (SSSR count). The maximum Gasteiger partial charge on any atom is 0.372 e. The average molecular weight is 252 g/mol. The van der Waals surface area contributed by atoms with E-state index in [9.17, 15) is 14.4 Å². The van der Waals surface area contributed by atoms with Gasteiger partial charge in [-0.2, -0.15) is 0 Å². The highest BCUT2D eigenvalue weighted by molar-refractivity contribution is 9.09. The summed E-state index contributed by atoms with van der Waals surface area (Å²) in [5.74, 6) is -2.25. The van der Waals surface area contributed by atoms with E-state index in [1.165, 1.54) is 0 Å². The average Bonchev–Trinajstić information content (AvgIpc) is 2.35. The number of hydrogen-bond donors (Lipinski definition) is 1. The van der Waals surface area contributed by atoms with Crippen LogP contribution in [0.5, 0.6) is 0 Å². The molecule has 2 amide bonds. The van der Waals surface area contributed by atoms with Gasteiger partial charge in [-0.1, -0.05) is 0 Å². The first-order valence-electron chi connectivity index (χ1n) is 3.42. The van der Waals surface area contributed by atoms with Crippen LogP contribution in [0.2, 0.25) is 0 Å². The van der Waals surface area contributed by atoms with E-state index in [4.69, 9.17) is 5.11 Å². The fourth-order valence-electron chi connectivity index (χ4n) is 0.791. The number of amides is 2. The van der Waals surface area contributed by atoms with E-state index in [0.717, 1.165) is 0 Å². The lowest BCUT2D eigenvalue weighted by Gasteiger charge is -2.12. The van der Waals surface area contributed by atoms with Crippen LogP contribution in [0.25, 0.3) is 0 Å². The zero-order valence-electron chi connectivity index (χ0n) is 6.40. The molecule has 72 valence electrons. The summed E-state index contributed by atoms with van der Waals surface area (Å²) in [6.07, 6.45) is 0.0645. The van der Waals surface area contributed by atoms with E-state index in [0.29, 0.717) is 5.06 Å². The van der Waals surface area contributed by atoms with E-state index < -0.39 is 22.8 Å². The first-order chi connectivity index (χ1) is 6.02. The number of alkyl halides is 1. The number of rotatable bonds is 2. The molecule has 1 unspecified atom stereocenters. The number of aliphatic hydroxyl groups excluding tert-OH is 1. The van der Waals surface area contributed by atoms with Crippen LogP contribution < -0.4 is 0 Å². The summed E-state index contributed by atoms with van der Waals surface area (Å²) in [6.45, 7) is 0. The molecule has 6 nitrogen and oxygen atoms in total. The van der Waals surface area contributed by atoms with Crippen molar-refractivity contribution in [3.63, 3.8) is 0 Å². The minimum absolute atomic E-state index is 0.0322. The summed E-state index contributed by atoms with van der Waals surface area (Å²) in [6, 6.07) is 0. The molecule has 0 radical (unpaired) electrons. The van der Waals surface area contributed by atoms with Crippen LogP contribution in [-0.2, 0) is 19.2 Å². The zero-order chi connectivity index (χ0) is 10.0. The van der Waals surface area contributed by atoms with Crippen LogP contribution in [0.4, 0.5) is 0 Å². The van der Waals surface area contributed by atoms with Crippen LogP contribution in [0.15, 0.2) is 0 Å². The largest absolute Gasteiger partial charge is 0.372 e. The molecule has 7 heteroatoms. The summed E-state index contributed by atoms with van der Waals surface area (Å²) in [4.78, 5) is 36.8. The second-order valence-corrected chi connectivity index (χ2v) is 3.20. The van der Waals surface area contributed by atoms with Gasteiger partial charge in [0.15, 0.2) is 0 Å². The Kier molecular flexibility index (Phi) is 2.99. The Hall–Kier alpha value is -0.950. The molecule has 0 aromatic rings. The van der Waals surface area contributed by atoms with Crippen molar-refractivity contribution in [1.82, 2.24) is 5.06 Å². The van der Waals surface area contributed by atoms with Crippen LogP contribution in [0, 0.1) is 0 Å². The van der Waals surface area contributed by atoms with E-state index in [-0.39, 0.29) is 12.8 Å².